The lowest BCUT2D eigenvalue weighted by atomic mass is 9.96. The normalized spacial score (nSPS) is 25.2. The molecule has 3 rings (SSSR count). The number of amides is 1. The Labute approximate surface area is 697 Å². The van der Waals surface area contributed by atoms with E-state index in [1.807, 2.05) is 0 Å². The molecule has 19 heteroatoms. The number of aliphatic hydroxyl groups excluding tert-OH is 11. The van der Waals surface area contributed by atoms with Crippen LogP contribution in [0, 0.1) is 0 Å². The third-order valence-corrected chi connectivity index (χ3v) is 22.3. The molecule has 3 fully saturated rings. The number of ether oxygens (including phenoxy) is 6. The van der Waals surface area contributed by atoms with Gasteiger partial charge in [-0.2, -0.15) is 0 Å². The van der Waals surface area contributed by atoms with Crippen molar-refractivity contribution in [3.8, 4) is 0 Å². The van der Waals surface area contributed by atoms with Gasteiger partial charge in [-0.25, -0.2) is 0 Å². The third kappa shape index (κ3) is 52.2. The lowest BCUT2D eigenvalue weighted by Crippen LogP contribution is -2.66. The average Bonchev–Trinajstić information content (AvgIpc) is 0.779. The van der Waals surface area contributed by atoms with E-state index in [0.717, 1.165) is 128 Å². The van der Waals surface area contributed by atoms with Gasteiger partial charge in [-0.15, -0.1) is 0 Å². The Hall–Kier alpha value is -3.81. The third-order valence-electron chi connectivity index (χ3n) is 22.3. The summed E-state index contributed by atoms with van der Waals surface area (Å²) in [5.41, 5.74) is 0. The molecule has 0 radical (unpaired) electrons. The van der Waals surface area contributed by atoms with E-state index in [1.165, 1.54) is 186 Å². The Bertz CT molecular complexity index is 2550. The Balaban J connectivity index is 1.33. The fourth-order valence-electron chi connectivity index (χ4n) is 15.0. The van der Waals surface area contributed by atoms with Gasteiger partial charge in [0.25, 0.3) is 0 Å². The number of hydrogen-bond donors (Lipinski definition) is 12. The first kappa shape index (κ1) is 105. The molecule has 664 valence electrons. The van der Waals surface area contributed by atoms with Gasteiger partial charge in [0.2, 0.25) is 5.91 Å². The minimum absolute atomic E-state index is 0.242. The predicted octanol–water partition coefficient (Wildman–Crippen LogP) is 18.2. The molecule has 17 atom stereocenters. The minimum Gasteiger partial charge on any atom is -0.394 e. The summed E-state index contributed by atoms with van der Waals surface area (Å²) in [4.78, 5) is 13.5. The summed E-state index contributed by atoms with van der Waals surface area (Å²) in [6.45, 7) is 1.71. The number of hydrogen-bond acceptors (Lipinski definition) is 18. The van der Waals surface area contributed by atoms with Crippen molar-refractivity contribution in [2.24, 2.45) is 0 Å². The Morgan fingerprint density at radius 2 is 0.600 bits per heavy atom. The molecular formula is C96H167NO18. The van der Waals surface area contributed by atoms with Crippen LogP contribution in [0.1, 0.15) is 348 Å². The first-order chi connectivity index (χ1) is 56.3. The molecule has 3 heterocycles. The van der Waals surface area contributed by atoms with E-state index < -0.39 is 124 Å². The lowest BCUT2D eigenvalue weighted by Gasteiger charge is -2.48. The maximum Gasteiger partial charge on any atom is 0.220 e. The summed E-state index contributed by atoms with van der Waals surface area (Å²) in [5, 5.41) is 121. The number of unbranched alkanes of at least 4 members (excludes halogenated alkanes) is 38. The zero-order chi connectivity index (χ0) is 83.1. The molecule has 0 aromatic rings. The Morgan fingerprint density at radius 3 is 0.939 bits per heavy atom. The fourth-order valence-corrected chi connectivity index (χ4v) is 15.0. The van der Waals surface area contributed by atoms with Crippen LogP contribution >= 0.6 is 0 Å². The van der Waals surface area contributed by atoms with Gasteiger partial charge < -0.3 is 89.9 Å². The highest BCUT2D eigenvalue weighted by molar-refractivity contribution is 5.76. The van der Waals surface area contributed by atoms with E-state index in [9.17, 15) is 61.0 Å². The lowest BCUT2D eigenvalue weighted by molar-refractivity contribution is -0.379. The topological polar surface area (TPSA) is 307 Å². The quantitative estimate of drug-likeness (QED) is 0.0199. The van der Waals surface area contributed by atoms with Gasteiger partial charge in [0, 0.05) is 6.42 Å². The predicted molar refractivity (Wildman–Crippen MR) is 466 cm³/mol. The largest absolute Gasteiger partial charge is 0.394 e. The molecule has 19 nitrogen and oxygen atoms in total. The van der Waals surface area contributed by atoms with E-state index in [0.29, 0.717) is 12.8 Å². The molecule has 1 amide bonds. The van der Waals surface area contributed by atoms with Crippen LogP contribution in [0.2, 0.25) is 0 Å². The zero-order valence-electron chi connectivity index (χ0n) is 71.7. The van der Waals surface area contributed by atoms with E-state index in [-0.39, 0.29) is 18.9 Å². The van der Waals surface area contributed by atoms with Crippen molar-refractivity contribution >= 4 is 5.91 Å². The molecule has 12 N–H and O–H groups in total. The van der Waals surface area contributed by atoms with Crippen molar-refractivity contribution in [1.29, 1.82) is 0 Å². The van der Waals surface area contributed by atoms with Gasteiger partial charge in [-0.1, -0.05) is 373 Å². The molecule has 3 saturated heterocycles. The van der Waals surface area contributed by atoms with Crippen molar-refractivity contribution in [3.63, 3.8) is 0 Å². The monoisotopic (exact) mass is 1620 g/mol. The van der Waals surface area contributed by atoms with Crippen LogP contribution in [0.15, 0.2) is 122 Å². The Morgan fingerprint density at radius 1 is 0.322 bits per heavy atom. The van der Waals surface area contributed by atoms with Gasteiger partial charge in [0.1, 0.15) is 73.2 Å². The SMILES string of the molecule is CC/C=C\C/C=C\C/C=C\C/C=C\C/C=C\C/C=C\C/C=C\C/C=C\C/C=C\C/C=C\CCCCCCCCC(=O)NC(COC1OC(CO)C(OC2OC(CO)C(OC3OC(CO)C(O)C(O)C3O)C(O)C2O)C(O)C1O)C(O)CCCCCCCCCCCCCCCCCCCCCCCCCCCCCCCCCCC. The van der Waals surface area contributed by atoms with Crippen molar-refractivity contribution in [3.05, 3.63) is 122 Å². The molecule has 0 aliphatic carbocycles. The minimum atomic E-state index is -1.98. The van der Waals surface area contributed by atoms with Crippen LogP contribution in [0.4, 0.5) is 0 Å². The van der Waals surface area contributed by atoms with Crippen LogP contribution < -0.4 is 5.32 Å². The highest BCUT2D eigenvalue weighted by Crippen LogP contribution is 2.34. The number of carbonyl (C=O) groups is 1. The smallest absolute Gasteiger partial charge is 0.220 e. The zero-order valence-corrected chi connectivity index (χ0v) is 71.7. The van der Waals surface area contributed by atoms with E-state index in [1.54, 1.807) is 0 Å². The highest BCUT2D eigenvalue weighted by Gasteiger charge is 2.54. The van der Waals surface area contributed by atoms with Gasteiger partial charge in [-0.3, -0.25) is 4.79 Å². The molecular weight excluding hydrogens is 1460 g/mol. The van der Waals surface area contributed by atoms with E-state index in [2.05, 4.69) is 141 Å². The van der Waals surface area contributed by atoms with Crippen molar-refractivity contribution < 1.29 is 89.4 Å². The summed E-state index contributed by atoms with van der Waals surface area (Å²) in [7, 11) is 0. The number of aliphatic hydroxyl groups is 11. The van der Waals surface area contributed by atoms with Gasteiger partial charge in [0.15, 0.2) is 18.9 Å². The maximum absolute atomic E-state index is 13.5. The van der Waals surface area contributed by atoms with Crippen LogP contribution in [-0.4, -0.2) is 193 Å². The number of carbonyl (C=O) groups excluding carboxylic acids is 1. The molecule has 3 aliphatic heterocycles. The second-order valence-corrected chi connectivity index (χ2v) is 32.4. The van der Waals surface area contributed by atoms with E-state index in [4.69, 9.17) is 28.4 Å². The molecule has 0 bridgehead atoms. The number of rotatable bonds is 74. The molecule has 0 aromatic heterocycles. The van der Waals surface area contributed by atoms with Crippen LogP contribution in [-0.2, 0) is 33.2 Å². The maximum atomic E-state index is 13.5. The average molecular weight is 1620 g/mol. The highest BCUT2D eigenvalue weighted by atomic mass is 16.8. The first-order valence-electron chi connectivity index (χ1n) is 46.3. The van der Waals surface area contributed by atoms with Crippen LogP contribution in [0.3, 0.4) is 0 Å². The van der Waals surface area contributed by atoms with Crippen molar-refractivity contribution in [2.45, 2.75) is 452 Å². The fraction of sp³-hybridized carbons (Fsp3) is 0.781. The Kier molecular flexibility index (Phi) is 67.9. The molecule has 0 spiro atoms. The summed E-state index contributed by atoms with van der Waals surface area (Å²) >= 11 is 0. The summed E-state index contributed by atoms with van der Waals surface area (Å²) < 4.78 is 34.6. The standard InChI is InChI=1S/C96H167NO18/c1-3-5-7-9-11-13-15-17-19-21-23-25-27-29-31-33-35-37-38-39-40-42-44-46-48-50-52-54-56-58-60-62-64-66-68-70-72-74-84(102)97-79(80(101)73-71-69-67-65-63-61-59-57-55-53-51-49-47-45-43-41-36-34-32-30-28-26-24-22-20-18-16-14-12-10-8-6-4-2)78-110-94-90(108)87(105)92(82(76-99)112-94)115-96-91(109)88(106)93(83(77-100)113-96)114-95-89(107)86(104)85(103)81(75-98)111-95/h5,7,11,13,17,19,23,25,29,31,35,37,39-40,44,46,50,52,56,58,79-83,85-96,98-101,103-109H,3-4,6,8-10,12,14-16,18,20-22,24,26-28,30,32-34,36,38,41-43,45,47-49,51,53-55,57,59-78H2,1-2H3,(H,97,102)/b7-5-,13-11-,19-17-,25-23-,31-29-,37-35-,40-39-,46-44-,52-50-,58-56-. The summed E-state index contributed by atoms with van der Waals surface area (Å²) in [6.07, 6.45) is 78.7. The molecule has 0 saturated carbocycles. The molecule has 0 aromatic carbocycles. The van der Waals surface area contributed by atoms with E-state index >= 15 is 0 Å². The van der Waals surface area contributed by atoms with Crippen LogP contribution in [0.5, 0.6) is 0 Å². The second kappa shape index (κ2) is 74.1. The molecule has 115 heavy (non-hydrogen) atoms. The van der Waals surface area contributed by atoms with Gasteiger partial charge in [-0.05, 0) is 89.9 Å². The van der Waals surface area contributed by atoms with Crippen LogP contribution in [0.25, 0.3) is 0 Å². The first-order valence-corrected chi connectivity index (χ1v) is 46.3. The summed E-state index contributed by atoms with van der Waals surface area (Å²) in [5.74, 6) is -0.258. The summed E-state index contributed by atoms with van der Waals surface area (Å²) in [6, 6.07) is -0.907. The molecule has 17 unspecified atom stereocenters. The van der Waals surface area contributed by atoms with Gasteiger partial charge in [0.05, 0.1) is 38.6 Å². The molecule has 3 aliphatic rings. The van der Waals surface area contributed by atoms with Crippen molar-refractivity contribution in [2.75, 3.05) is 26.4 Å². The number of nitrogens with one attached hydrogen (secondary N) is 1. The van der Waals surface area contributed by atoms with Gasteiger partial charge >= 0.3 is 0 Å². The van der Waals surface area contributed by atoms with Crippen molar-refractivity contribution in [1.82, 2.24) is 5.32 Å². The second-order valence-electron chi connectivity index (χ2n) is 32.4. The number of allylic oxidation sites excluding steroid dienone is 20.